The molecule has 3 aromatic rings. The number of rotatable bonds is 2. The van der Waals surface area contributed by atoms with E-state index in [4.69, 9.17) is 4.42 Å². The number of fused-ring (bicyclic) bond motifs is 1. The van der Waals surface area contributed by atoms with Gasteiger partial charge in [-0.15, -0.1) is 0 Å². The standard InChI is InChI=1S/C11H11N5OS/c1-6-4-9(16-10(14-6)12-5-13-16)18-11-15-7(2)8(3)17-11/h4-5H,1-3H3. The van der Waals surface area contributed by atoms with Crippen molar-refractivity contribution < 1.29 is 4.42 Å². The Labute approximate surface area is 107 Å². The second-order valence-electron chi connectivity index (χ2n) is 3.93. The second kappa shape index (κ2) is 4.09. The lowest BCUT2D eigenvalue weighted by Gasteiger charge is -2.01. The van der Waals surface area contributed by atoms with Crippen LogP contribution in [0.2, 0.25) is 0 Å². The molecular weight excluding hydrogens is 250 g/mol. The summed E-state index contributed by atoms with van der Waals surface area (Å²) in [5.41, 5.74) is 1.79. The van der Waals surface area contributed by atoms with Crippen LogP contribution in [-0.2, 0) is 0 Å². The molecule has 18 heavy (non-hydrogen) atoms. The lowest BCUT2D eigenvalue weighted by atomic mass is 10.4. The minimum atomic E-state index is 0.581. The topological polar surface area (TPSA) is 69.1 Å². The first-order chi connectivity index (χ1) is 8.63. The molecule has 0 unspecified atom stereocenters. The molecule has 0 saturated carbocycles. The van der Waals surface area contributed by atoms with Crippen LogP contribution in [0.5, 0.6) is 0 Å². The van der Waals surface area contributed by atoms with Gasteiger partial charge in [0.15, 0.2) is 0 Å². The Morgan fingerprint density at radius 1 is 1.22 bits per heavy atom. The third kappa shape index (κ3) is 1.86. The first-order valence-electron chi connectivity index (χ1n) is 5.43. The summed E-state index contributed by atoms with van der Waals surface area (Å²) in [5.74, 6) is 1.41. The number of nitrogens with zero attached hydrogens (tertiary/aromatic N) is 5. The molecule has 0 aliphatic heterocycles. The van der Waals surface area contributed by atoms with Crippen LogP contribution in [0.15, 0.2) is 27.1 Å². The zero-order valence-electron chi connectivity index (χ0n) is 10.2. The van der Waals surface area contributed by atoms with Gasteiger partial charge in [0.1, 0.15) is 17.1 Å². The average Bonchev–Trinajstić information content (AvgIpc) is 2.86. The molecule has 0 atom stereocenters. The van der Waals surface area contributed by atoms with Gasteiger partial charge in [0.25, 0.3) is 11.0 Å². The quantitative estimate of drug-likeness (QED) is 0.659. The molecule has 3 heterocycles. The average molecular weight is 261 g/mol. The normalized spacial score (nSPS) is 11.3. The highest BCUT2D eigenvalue weighted by molar-refractivity contribution is 7.99. The van der Waals surface area contributed by atoms with E-state index in [9.17, 15) is 0 Å². The summed E-state index contributed by atoms with van der Waals surface area (Å²) in [6.07, 6.45) is 1.48. The first-order valence-corrected chi connectivity index (χ1v) is 6.24. The second-order valence-corrected chi connectivity index (χ2v) is 4.90. The van der Waals surface area contributed by atoms with Crippen molar-refractivity contribution in [2.24, 2.45) is 0 Å². The van der Waals surface area contributed by atoms with Crippen molar-refractivity contribution >= 4 is 17.5 Å². The van der Waals surface area contributed by atoms with E-state index < -0.39 is 0 Å². The predicted octanol–water partition coefficient (Wildman–Crippen LogP) is 2.19. The SMILES string of the molecule is Cc1cc(Sc2nc(C)c(C)o2)n2ncnc2n1. The number of hydrogen-bond donors (Lipinski definition) is 0. The van der Waals surface area contributed by atoms with E-state index in [1.54, 1.807) is 4.52 Å². The van der Waals surface area contributed by atoms with Crippen LogP contribution in [0.4, 0.5) is 0 Å². The molecular formula is C11H11N5OS. The fraction of sp³-hybridized carbons (Fsp3) is 0.273. The monoisotopic (exact) mass is 261 g/mol. The minimum Gasteiger partial charge on any atom is -0.436 e. The molecule has 92 valence electrons. The van der Waals surface area contributed by atoms with E-state index in [0.29, 0.717) is 11.0 Å². The molecule has 3 rings (SSSR count). The van der Waals surface area contributed by atoms with Gasteiger partial charge in [-0.3, -0.25) is 0 Å². The molecule has 0 radical (unpaired) electrons. The van der Waals surface area contributed by atoms with Gasteiger partial charge < -0.3 is 4.42 Å². The Morgan fingerprint density at radius 3 is 2.78 bits per heavy atom. The van der Waals surface area contributed by atoms with Crippen molar-refractivity contribution in [3.05, 3.63) is 29.5 Å². The van der Waals surface area contributed by atoms with Crippen molar-refractivity contribution in [2.45, 2.75) is 31.0 Å². The number of hydrogen-bond acceptors (Lipinski definition) is 6. The van der Waals surface area contributed by atoms with E-state index in [0.717, 1.165) is 22.2 Å². The molecule has 3 aromatic heterocycles. The molecule has 0 amide bonds. The Bertz CT molecular complexity index is 698. The van der Waals surface area contributed by atoms with E-state index >= 15 is 0 Å². The molecule has 0 aliphatic rings. The third-order valence-electron chi connectivity index (χ3n) is 2.55. The van der Waals surface area contributed by atoms with Crippen molar-refractivity contribution in [3.8, 4) is 0 Å². The zero-order chi connectivity index (χ0) is 12.7. The lowest BCUT2D eigenvalue weighted by Crippen LogP contribution is -1.97. The predicted molar refractivity (Wildman–Crippen MR) is 65.6 cm³/mol. The summed E-state index contributed by atoms with van der Waals surface area (Å²) < 4.78 is 7.23. The van der Waals surface area contributed by atoms with Crippen LogP contribution in [-0.4, -0.2) is 24.6 Å². The maximum Gasteiger partial charge on any atom is 0.262 e. The van der Waals surface area contributed by atoms with E-state index in [2.05, 4.69) is 20.1 Å². The van der Waals surface area contributed by atoms with Gasteiger partial charge >= 0.3 is 0 Å². The van der Waals surface area contributed by atoms with E-state index in [1.165, 1.54) is 18.1 Å². The molecule has 7 heteroatoms. The van der Waals surface area contributed by atoms with Crippen molar-refractivity contribution in [3.63, 3.8) is 0 Å². The summed E-state index contributed by atoms with van der Waals surface area (Å²) in [6.45, 7) is 5.74. The van der Waals surface area contributed by atoms with Crippen molar-refractivity contribution in [1.29, 1.82) is 0 Å². The van der Waals surface area contributed by atoms with Gasteiger partial charge in [-0.25, -0.2) is 9.97 Å². The summed E-state index contributed by atoms with van der Waals surface area (Å²) >= 11 is 1.41. The molecule has 0 bridgehead atoms. The number of aromatic nitrogens is 5. The van der Waals surface area contributed by atoms with E-state index in [1.807, 2.05) is 26.8 Å². The van der Waals surface area contributed by atoms with Crippen LogP contribution in [0.25, 0.3) is 5.78 Å². The largest absolute Gasteiger partial charge is 0.436 e. The minimum absolute atomic E-state index is 0.581. The molecule has 0 N–H and O–H groups in total. The first kappa shape index (κ1) is 11.2. The van der Waals surface area contributed by atoms with Gasteiger partial charge in [0.05, 0.1) is 5.69 Å². The molecule has 6 nitrogen and oxygen atoms in total. The summed E-state index contributed by atoms with van der Waals surface area (Å²) in [6, 6.07) is 1.93. The van der Waals surface area contributed by atoms with Crippen LogP contribution in [0, 0.1) is 20.8 Å². The smallest absolute Gasteiger partial charge is 0.262 e. The highest BCUT2D eigenvalue weighted by atomic mass is 32.2. The Balaban J connectivity index is 2.06. The Kier molecular flexibility index (Phi) is 2.55. The maximum absolute atomic E-state index is 5.55. The fourth-order valence-corrected chi connectivity index (χ4v) is 2.52. The van der Waals surface area contributed by atoms with Gasteiger partial charge in [0, 0.05) is 5.69 Å². The van der Waals surface area contributed by atoms with Gasteiger partial charge in [-0.2, -0.15) is 14.6 Å². The highest BCUT2D eigenvalue weighted by Crippen LogP contribution is 2.28. The Morgan fingerprint density at radius 2 is 2.06 bits per heavy atom. The molecule has 0 saturated heterocycles. The van der Waals surface area contributed by atoms with Crippen LogP contribution in [0.3, 0.4) is 0 Å². The fourth-order valence-electron chi connectivity index (χ4n) is 1.55. The maximum atomic E-state index is 5.55. The molecule has 0 fully saturated rings. The van der Waals surface area contributed by atoms with Gasteiger partial charge in [-0.1, -0.05) is 0 Å². The van der Waals surface area contributed by atoms with Crippen LogP contribution < -0.4 is 0 Å². The zero-order valence-corrected chi connectivity index (χ0v) is 11.0. The summed E-state index contributed by atoms with van der Waals surface area (Å²) in [4.78, 5) is 12.7. The van der Waals surface area contributed by atoms with Gasteiger partial charge in [0.2, 0.25) is 0 Å². The van der Waals surface area contributed by atoms with Crippen LogP contribution in [0.1, 0.15) is 17.1 Å². The molecule has 0 aliphatic carbocycles. The third-order valence-corrected chi connectivity index (χ3v) is 3.40. The number of oxazole rings is 1. The molecule has 0 spiro atoms. The highest BCUT2D eigenvalue weighted by Gasteiger charge is 2.12. The summed E-state index contributed by atoms with van der Waals surface area (Å²) in [5, 5.41) is 5.63. The Hall–Kier alpha value is -1.89. The lowest BCUT2D eigenvalue weighted by molar-refractivity contribution is 0.430. The van der Waals surface area contributed by atoms with E-state index in [-0.39, 0.29) is 0 Å². The van der Waals surface area contributed by atoms with Crippen molar-refractivity contribution in [1.82, 2.24) is 24.6 Å². The summed E-state index contributed by atoms with van der Waals surface area (Å²) in [7, 11) is 0. The molecule has 0 aromatic carbocycles. The van der Waals surface area contributed by atoms with Crippen LogP contribution >= 0.6 is 11.8 Å². The number of aryl methyl sites for hydroxylation is 3. The van der Waals surface area contributed by atoms with Gasteiger partial charge in [-0.05, 0) is 38.6 Å². The van der Waals surface area contributed by atoms with Crippen molar-refractivity contribution in [2.75, 3.05) is 0 Å².